The van der Waals surface area contributed by atoms with Crippen molar-refractivity contribution in [3.8, 4) is 0 Å². The monoisotopic (exact) mass is 279 g/mol. The Bertz CT molecular complexity index is 452. The zero-order chi connectivity index (χ0) is 14.7. The van der Waals surface area contributed by atoms with Gasteiger partial charge in [-0.25, -0.2) is 4.39 Å². The van der Waals surface area contributed by atoms with Gasteiger partial charge < -0.3 is 10.4 Å². The molecule has 1 fully saturated rings. The van der Waals surface area contributed by atoms with Crippen LogP contribution in [-0.2, 0) is 4.79 Å². The molecule has 0 amide bonds. The van der Waals surface area contributed by atoms with Gasteiger partial charge in [0.15, 0.2) is 0 Å². The van der Waals surface area contributed by atoms with Gasteiger partial charge >= 0.3 is 5.97 Å². The van der Waals surface area contributed by atoms with E-state index in [2.05, 4.69) is 5.32 Å². The Hall–Kier alpha value is -1.42. The molecule has 1 atom stereocenters. The van der Waals surface area contributed by atoms with Crippen LogP contribution < -0.4 is 5.32 Å². The van der Waals surface area contributed by atoms with Crippen molar-refractivity contribution in [1.29, 1.82) is 0 Å². The Kier molecular flexibility index (Phi) is 4.76. The Morgan fingerprint density at radius 3 is 2.45 bits per heavy atom. The summed E-state index contributed by atoms with van der Waals surface area (Å²) in [7, 11) is 0. The minimum Gasteiger partial charge on any atom is -0.480 e. The van der Waals surface area contributed by atoms with E-state index < -0.39 is 12.0 Å². The predicted octanol–water partition coefficient (Wildman–Crippen LogP) is 3.16. The molecule has 0 aromatic heterocycles. The summed E-state index contributed by atoms with van der Waals surface area (Å²) in [5, 5.41) is 12.4. The second-order valence-electron chi connectivity index (χ2n) is 6.10. The van der Waals surface area contributed by atoms with Gasteiger partial charge in [-0.1, -0.05) is 26.0 Å². The van der Waals surface area contributed by atoms with Crippen LogP contribution in [0.1, 0.15) is 44.6 Å². The number of rotatable bonds is 6. The summed E-state index contributed by atoms with van der Waals surface area (Å²) in [5.74, 6) is -0.215. The molecule has 20 heavy (non-hydrogen) atoms. The molecule has 1 aliphatic carbocycles. The first-order valence-electron chi connectivity index (χ1n) is 7.20. The van der Waals surface area contributed by atoms with Crippen LogP contribution in [-0.4, -0.2) is 23.2 Å². The summed E-state index contributed by atoms with van der Waals surface area (Å²) < 4.78 is 12.9. The summed E-state index contributed by atoms with van der Waals surface area (Å²) in [5.41, 5.74) is 1.14. The van der Waals surface area contributed by atoms with Gasteiger partial charge in [-0.05, 0) is 48.8 Å². The second-order valence-corrected chi connectivity index (χ2v) is 6.10. The quantitative estimate of drug-likeness (QED) is 0.841. The molecule has 1 aliphatic rings. The number of carbonyl (C=O) groups is 1. The Labute approximate surface area is 119 Å². The highest BCUT2D eigenvalue weighted by molar-refractivity contribution is 5.73. The molecule has 110 valence electrons. The zero-order valence-electron chi connectivity index (χ0n) is 12.0. The molecule has 2 N–H and O–H groups in total. The fourth-order valence-corrected chi connectivity index (χ4v) is 2.76. The molecule has 1 aromatic carbocycles. The van der Waals surface area contributed by atoms with Gasteiger partial charge in [-0.2, -0.15) is 0 Å². The average molecular weight is 279 g/mol. The minimum atomic E-state index is -0.774. The molecule has 1 aromatic rings. The molecule has 2 rings (SSSR count). The maximum atomic E-state index is 12.9. The standard InChI is InChI=1S/C16H22FNO2/c1-10(2)7-15(16(19)20)18-14-8-12(9-14)11-3-5-13(17)6-4-11/h3-6,10,12,14-15,18H,7-9H2,1-2H3,(H,19,20). The number of hydrogen-bond donors (Lipinski definition) is 2. The van der Waals surface area contributed by atoms with E-state index in [1.54, 1.807) is 0 Å². The Morgan fingerprint density at radius 2 is 1.95 bits per heavy atom. The lowest BCUT2D eigenvalue weighted by Crippen LogP contribution is -2.49. The summed E-state index contributed by atoms with van der Waals surface area (Å²) in [6.07, 6.45) is 2.49. The number of hydrogen-bond acceptors (Lipinski definition) is 2. The van der Waals surface area contributed by atoms with Gasteiger partial charge in [0.25, 0.3) is 0 Å². The summed E-state index contributed by atoms with van der Waals surface area (Å²) in [6.45, 7) is 4.05. The van der Waals surface area contributed by atoms with E-state index in [0.29, 0.717) is 18.3 Å². The number of benzene rings is 1. The van der Waals surface area contributed by atoms with Crippen molar-refractivity contribution in [2.45, 2.75) is 51.1 Å². The third kappa shape index (κ3) is 3.79. The highest BCUT2D eigenvalue weighted by Crippen LogP contribution is 2.37. The first-order chi connectivity index (χ1) is 9.45. The van der Waals surface area contributed by atoms with Gasteiger partial charge in [0.05, 0.1) is 0 Å². The molecular weight excluding hydrogens is 257 g/mol. The van der Waals surface area contributed by atoms with Crippen LogP contribution in [0.3, 0.4) is 0 Å². The highest BCUT2D eigenvalue weighted by Gasteiger charge is 2.33. The molecule has 4 heteroatoms. The van der Waals surface area contributed by atoms with Crippen LogP contribution in [0.5, 0.6) is 0 Å². The molecule has 0 aliphatic heterocycles. The van der Waals surface area contributed by atoms with Crippen LogP contribution in [0.4, 0.5) is 4.39 Å². The first kappa shape index (κ1) is 15.0. The van der Waals surface area contributed by atoms with Gasteiger partial charge in [0, 0.05) is 6.04 Å². The molecule has 1 unspecified atom stereocenters. The number of carboxylic acids is 1. The highest BCUT2D eigenvalue weighted by atomic mass is 19.1. The maximum absolute atomic E-state index is 12.9. The van der Waals surface area contributed by atoms with Crippen molar-refractivity contribution in [3.63, 3.8) is 0 Å². The number of aliphatic carboxylic acids is 1. The second kappa shape index (κ2) is 6.35. The van der Waals surface area contributed by atoms with E-state index in [1.807, 2.05) is 26.0 Å². The fourth-order valence-electron chi connectivity index (χ4n) is 2.76. The normalized spacial score (nSPS) is 23.4. The van der Waals surface area contributed by atoms with Crippen LogP contribution in [0.25, 0.3) is 0 Å². The van der Waals surface area contributed by atoms with Gasteiger partial charge in [-0.3, -0.25) is 4.79 Å². The van der Waals surface area contributed by atoms with E-state index in [1.165, 1.54) is 12.1 Å². The summed E-state index contributed by atoms with van der Waals surface area (Å²) in [6, 6.07) is 6.39. The number of nitrogens with one attached hydrogen (secondary N) is 1. The number of carboxylic acid groups (broad SMARTS) is 1. The van der Waals surface area contributed by atoms with Crippen LogP contribution in [0, 0.1) is 11.7 Å². The third-order valence-electron chi connectivity index (χ3n) is 3.92. The lowest BCUT2D eigenvalue weighted by molar-refractivity contribution is -0.140. The van der Waals surface area contributed by atoms with Crippen LogP contribution in [0.15, 0.2) is 24.3 Å². The first-order valence-corrected chi connectivity index (χ1v) is 7.20. The van der Waals surface area contributed by atoms with Crippen molar-refractivity contribution >= 4 is 5.97 Å². The lowest BCUT2D eigenvalue weighted by atomic mass is 9.75. The van der Waals surface area contributed by atoms with E-state index in [9.17, 15) is 14.3 Å². The van der Waals surface area contributed by atoms with Crippen molar-refractivity contribution < 1.29 is 14.3 Å². The van der Waals surface area contributed by atoms with Crippen molar-refractivity contribution in [1.82, 2.24) is 5.32 Å². The smallest absolute Gasteiger partial charge is 0.320 e. The topological polar surface area (TPSA) is 49.3 Å². The number of halogens is 1. The van der Waals surface area contributed by atoms with Crippen molar-refractivity contribution in [2.24, 2.45) is 5.92 Å². The molecule has 1 saturated carbocycles. The molecule has 0 radical (unpaired) electrons. The average Bonchev–Trinajstić information content (AvgIpc) is 2.32. The van der Waals surface area contributed by atoms with E-state index in [-0.39, 0.29) is 11.9 Å². The predicted molar refractivity (Wildman–Crippen MR) is 76.2 cm³/mol. The molecular formula is C16H22FNO2. The fraction of sp³-hybridized carbons (Fsp3) is 0.562. The largest absolute Gasteiger partial charge is 0.480 e. The van der Waals surface area contributed by atoms with Crippen molar-refractivity contribution in [3.05, 3.63) is 35.6 Å². The van der Waals surface area contributed by atoms with E-state index >= 15 is 0 Å². The zero-order valence-corrected chi connectivity index (χ0v) is 12.0. The Morgan fingerprint density at radius 1 is 1.35 bits per heavy atom. The van der Waals surface area contributed by atoms with Crippen LogP contribution in [0.2, 0.25) is 0 Å². The Balaban J connectivity index is 1.83. The SMILES string of the molecule is CC(C)CC(NC1CC(c2ccc(F)cc2)C1)C(=O)O. The third-order valence-corrected chi connectivity index (χ3v) is 3.92. The molecule has 0 saturated heterocycles. The maximum Gasteiger partial charge on any atom is 0.320 e. The van der Waals surface area contributed by atoms with E-state index in [0.717, 1.165) is 18.4 Å². The minimum absolute atomic E-state index is 0.217. The van der Waals surface area contributed by atoms with Crippen molar-refractivity contribution in [2.75, 3.05) is 0 Å². The lowest BCUT2D eigenvalue weighted by Gasteiger charge is -2.38. The molecule has 0 spiro atoms. The summed E-state index contributed by atoms with van der Waals surface area (Å²) in [4.78, 5) is 11.2. The summed E-state index contributed by atoms with van der Waals surface area (Å²) >= 11 is 0. The van der Waals surface area contributed by atoms with E-state index in [4.69, 9.17) is 0 Å². The molecule has 0 heterocycles. The van der Waals surface area contributed by atoms with Crippen LogP contribution >= 0.6 is 0 Å². The van der Waals surface area contributed by atoms with Gasteiger partial charge in [0.2, 0.25) is 0 Å². The van der Waals surface area contributed by atoms with Gasteiger partial charge in [-0.15, -0.1) is 0 Å². The molecule has 3 nitrogen and oxygen atoms in total. The molecule has 0 bridgehead atoms. The van der Waals surface area contributed by atoms with Gasteiger partial charge in [0.1, 0.15) is 11.9 Å².